The maximum atomic E-state index is 3.47. The predicted molar refractivity (Wildman–Crippen MR) is 63.4 cm³/mol. The number of nitrogens with one attached hydrogen (secondary N) is 1. The topological polar surface area (TPSA) is 12.0 Å². The lowest BCUT2D eigenvalue weighted by atomic mass is 9.89. The van der Waals surface area contributed by atoms with Crippen LogP contribution in [0.2, 0.25) is 0 Å². The van der Waals surface area contributed by atoms with Crippen LogP contribution in [0.25, 0.3) is 0 Å². The van der Waals surface area contributed by atoms with Gasteiger partial charge in [-0.1, -0.05) is 13.8 Å². The Morgan fingerprint density at radius 1 is 1.54 bits per heavy atom. The molecule has 1 aromatic heterocycles. The highest BCUT2D eigenvalue weighted by Gasteiger charge is 2.18. The summed E-state index contributed by atoms with van der Waals surface area (Å²) in [4.78, 5) is 1.45. The van der Waals surface area contributed by atoms with Gasteiger partial charge in [-0.25, -0.2) is 0 Å². The molecule has 1 aromatic rings. The lowest BCUT2D eigenvalue weighted by Crippen LogP contribution is -2.28. The molecule has 0 amide bonds. The third-order valence-corrected chi connectivity index (χ3v) is 3.63. The highest BCUT2D eigenvalue weighted by atomic mass is 79.9. The Hall–Kier alpha value is 0.140. The van der Waals surface area contributed by atoms with Crippen molar-refractivity contribution in [3.8, 4) is 0 Å². The summed E-state index contributed by atoms with van der Waals surface area (Å²) in [5, 5.41) is 5.37. The smallest absolute Gasteiger partial charge is 0.0285 e. The van der Waals surface area contributed by atoms with E-state index < -0.39 is 0 Å². The Labute approximate surface area is 92.7 Å². The molecule has 0 saturated carbocycles. The monoisotopic (exact) mass is 261 g/mol. The van der Waals surface area contributed by atoms with Gasteiger partial charge >= 0.3 is 0 Å². The molecule has 74 valence electrons. The summed E-state index contributed by atoms with van der Waals surface area (Å²) in [5.41, 5.74) is 0.346. The van der Waals surface area contributed by atoms with Gasteiger partial charge in [0.05, 0.1) is 0 Å². The molecule has 1 rings (SSSR count). The Balaban J connectivity index is 2.57. The standard InChI is InChI=1S/C10H16BrNS/c1-10(2,7-12-3)5-9-4-8(11)6-13-9/h4,6,12H,5,7H2,1-3H3. The van der Waals surface area contributed by atoms with Crippen molar-refractivity contribution >= 4 is 27.3 Å². The zero-order chi connectivity index (χ0) is 9.90. The summed E-state index contributed by atoms with van der Waals surface area (Å²) in [6.07, 6.45) is 1.14. The molecule has 0 radical (unpaired) electrons. The van der Waals surface area contributed by atoms with Crippen molar-refractivity contribution < 1.29 is 0 Å². The van der Waals surface area contributed by atoms with E-state index in [4.69, 9.17) is 0 Å². The van der Waals surface area contributed by atoms with Crippen LogP contribution in [-0.4, -0.2) is 13.6 Å². The number of hydrogen-bond donors (Lipinski definition) is 1. The average molecular weight is 262 g/mol. The van der Waals surface area contributed by atoms with Crippen LogP contribution in [0.3, 0.4) is 0 Å². The zero-order valence-corrected chi connectivity index (χ0v) is 10.8. The van der Waals surface area contributed by atoms with Gasteiger partial charge in [0.25, 0.3) is 0 Å². The maximum absolute atomic E-state index is 3.47. The molecule has 0 bridgehead atoms. The predicted octanol–water partition coefficient (Wildman–Crippen LogP) is 3.30. The summed E-state index contributed by atoms with van der Waals surface area (Å²) >= 11 is 5.30. The van der Waals surface area contributed by atoms with Crippen molar-refractivity contribution in [2.75, 3.05) is 13.6 Å². The van der Waals surface area contributed by atoms with Gasteiger partial charge in [-0.2, -0.15) is 0 Å². The van der Waals surface area contributed by atoms with E-state index in [0.29, 0.717) is 5.41 Å². The second kappa shape index (κ2) is 4.58. The largest absolute Gasteiger partial charge is 0.319 e. The summed E-state index contributed by atoms with van der Waals surface area (Å²) in [5.74, 6) is 0. The highest BCUT2D eigenvalue weighted by Crippen LogP contribution is 2.27. The Bertz CT molecular complexity index is 268. The normalized spacial score (nSPS) is 12.0. The molecule has 13 heavy (non-hydrogen) atoms. The number of thiophene rings is 1. The van der Waals surface area contributed by atoms with Crippen LogP contribution in [0.15, 0.2) is 15.9 Å². The third-order valence-electron chi connectivity index (χ3n) is 1.93. The van der Waals surface area contributed by atoms with Gasteiger partial charge in [-0.3, -0.25) is 0 Å². The van der Waals surface area contributed by atoms with Gasteiger partial charge in [-0.15, -0.1) is 11.3 Å². The van der Waals surface area contributed by atoms with Gasteiger partial charge < -0.3 is 5.32 Å². The molecular formula is C10H16BrNS. The van der Waals surface area contributed by atoms with Crippen LogP contribution in [0.4, 0.5) is 0 Å². The molecule has 1 heterocycles. The van der Waals surface area contributed by atoms with Gasteiger partial charge in [0, 0.05) is 21.3 Å². The molecule has 0 saturated heterocycles. The number of hydrogen-bond acceptors (Lipinski definition) is 2. The second-order valence-electron chi connectivity index (χ2n) is 4.10. The minimum Gasteiger partial charge on any atom is -0.319 e. The quantitative estimate of drug-likeness (QED) is 0.877. The Kier molecular flexibility index (Phi) is 3.95. The average Bonchev–Trinajstić information content (AvgIpc) is 2.34. The molecule has 3 heteroatoms. The molecule has 1 N–H and O–H groups in total. The van der Waals surface area contributed by atoms with Crippen LogP contribution in [0, 0.1) is 5.41 Å². The van der Waals surface area contributed by atoms with E-state index >= 15 is 0 Å². The molecule has 0 aliphatic carbocycles. The molecule has 0 aliphatic rings. The number of halogens is 1. The summed E-state index contributed by atoms with van der Waals surface area (Å²) in [6, 6.07) is 2.21. The van der Waals surface area contributed by atoms with E-state index in [2.05, 4.69) is 46.5 Å². The minimum absolute atomic E-state index is 0.346. The molecule has 0 unspecified atom stereocenters. The Morgan fingerprint density at radius 3 is 2.69 bits per heavy atom. The Morgan fingerprint density at radius 2 is 2.23 bits per heavy atom. The first-order valence-electron chi connectivity index (χ1n) is 4.41. The molecule has 0 fully saturated rings. The SMILES string of the molecule is CNCC(C)(C)Cc1cc(Br)cs1. The van der Waals surface area contributed by atoms with Crippen molar-refractivity contribution in [2.45, 2.75) is 20.3 Å². The van der Waals surface area contributed by atoms with Crippen LogP contribution in [-0.2, 0) is 6.42 Å². The van der Waals surface area contributed by atoms with Gasteiger partial charge in [0.2, 0.25) is 0 Å². The fourth-order valence-corrected chi connectivity index (χ4v) is 3.17. The molecule has 0 spiro atoms. The fourth-order valence-electron chi connectivity index (χ4n) is 1.46. The van der Waals surface area contributed by atoms with Crippen LogP contribution in [0.1, 0.15) is 18.7 Å². The minimum atomic E-state index is 0.346. The first-order chi connectivity index (χ1) is 6.03. The van der Waals surface area contributed by atoms with E-state index in [-0.39, 0.29) is 0 Å². The van der Waals surface area contributed by atoms with E-state index in [1.165, 1.54) is 9.35 Å². The van der Waals surface area contributed by atoms with Gasteiger partial charge in [0.1, 0.15) is 0 Å². The van der Waals surface area contributed by atoms with Crippen molar-refractivity contribution in [2.24, 2.45) is 5.41 Å². The first kappa shape index (κ1) is 11.2. The summed E-state index contributed by atoms with van der Waals surface area (Å²) < 4.78 is 1.20. The zero-order valence-electron chi connectivity index (χ0n) is 8.36. The van der Waals surface area contributed by atoms with E-state index in [0.717, 1.165) is 13.0 Å². The van der Waals surface area contributed by atoms with Crippen molar-refractivity contribution in [1.29, 1.82) is 0 Å². The lowest BCUT2D eigenvalue weighted by Gasteiger charge is -2.23. The summed E-state index contributed by atoms with van der Waals surface area (Å²) in [7, 11) is 2.01. The highest BCUT2D eigenvalue weighted by molar-refractivity contribution is 9.10. The van der Waals surface area contributed by atoms with Crippen molar-refractivity contribution in [3.63, 3.8) is 0 Å². The van der Waals surface area contributed by atoms with E-state index in [1.807, 2.05) is 18.4 Å². The first-order valence-corrected chi connectivity index (χ1v) is 6.08. The molecule has 0 atom stereocenters. The second-order valence-corrected chi connectivity index (χ2v) is 6.01. The van der Waals surface area contributed by atoms with Crippen LogP contribution in [0.5, 0.6) is 0 Å². The number of rotatable bonds is 4. The van der Waals surface area contributed by atoms with Gasteiger partial charge in [-0.05, 0) is 40.9 Å². The molecule has 0 aliphatic heterocycles. The van der Waals surface area contributed by atoms with E-state index in [1.54, 1.807) is 0 Å². The third kappa shape index (κ3) is 3.79. The van der Waals surface area contributed by atoms with Crippen LogP contribution >= 0.6 is 27.3 Å². The fraction of sp³-hybridized carbons (Fsp3) is 0.600. The maximum Gasteiger partial charge on any atom is 0.0285 e. The van der Waals surface area contributed by atoms with Crippen molar-refractivity contribution in [3.05, 3.63) is 20.8 Å². The molecule has 0 aromatic carbocycles. The molecular weight excluding hydrogens is 246 g/mol. The van der Waals surface area contributed by atoms with E-state index in [9.17, 15) is 0 Å². The van der Waals surface area contributed by atoms with Crippen LogP contribution < -0.4 is 5.32 Å². The van der Waals surface area contributed by atoms with Crippen molar-refractivity contribution in [1.82, 2.24) is 5.32 Å². The molecule has 1 nitrogen and oxygen atoms in total. The summed E-state index contributed by atoms with van der Waals surface area (Å²) in [6.45, 7) is 5.64. The lowest BCUT2D eigenvalue weighted by molar-refractivity contribution is 0.352. The van der Waals surface area contributed by atoms with Gasteiger partial charge in [0.15, 0.2) is 0 Å².